The van der Waals surface area contributed by atoms with Crippen LogP contribution in [0.4, 0.5) is 4.39 Å². The molecule has 0 spiro atoms. The molecule has 0 unspecified atom stereocenters. The molecular weight excluding hydrogens is 636 g/mol. The topological polar surface area (TPSA) is 56.5 Å². The molecule has 1 saturated carbocycles. The van der Waals surface area contributed by atoms with Gasteiger partial charge in [0.2, 0.25) is 0 Å². The summed E-state index contributed by atoms with van der Waals surface area (Å²) in [6.07, 6.45) is 7.19. The SMILES string of the molecule is O=c1c2cc(Br)ccc2nc(C2CCCCC2)n1N=Cc1ccc(OCc2ccccc2F)c(I)c1. The summed E-state index contributed by atoms with van der Waals surface area (Å²) < 4.78 is 22.9. The summed E-state index contributed by atoms with van der Waals surface area (Å²) in [5.41, 5.74) is 1.86. The molecule has 184 valence electrons. The van der Waals surface area contributed by atoms with E-state index in [2.05, 4.69) is 43.6 Å². The van der Waals surface area contributed by atoms with Gasteiger partial charge < -0.3 is 4.74 Å². The maximum Gasteiger partial charge on any atom is 0.282 e. The molecule has 3 aromatic carbocycles. The van der Waals surface area contributed by atoms with Gasteiger partial charge >= 0.3 is 0 Å². The van der Waals surface area contributed by atoms with Crippen LogP contribution in [-0.2, 0) is 6.61 Å². The first-order chi connectivity index (χ1) is 17.5. The Hall–Kier alpha value is -2.59. The van der Waals surface area contributed by atoms with E-state index in [0.29, 0.717) is 22.2 Å². The zero-order valence-corrected chi connectivity index (χ0v) is 23.2. The fourth-order valence-corrected chi connectivity index (χ4v) is 5.57. The first-order valence-corrected chi connectivity index (χ1v) is 13.8. The summed E-state index contributed by atoms with van der Waals surface area (Å²) in [5.74, 6) is 1.32. The number of nitrogens with zero attached hydrogens (tertiary/aromatic N) is 3. The van der Waals surface area contributed by atoms with Gasteiger partial charge in [0.25, 0.3) is 5.56 Å². The zero-order valence-electron chi connectivity index (χ0n) is 19.5. The van der Waals surface area contributed by atoms with Gasteiger partial charge in [0, 0.05) is 16.0 Å². The van der Waals surface area contributed by atoms with E-state index in [1.54, 1.807) is 30.5 Å². The molecule has 36 heavy (non-hydrogen) atoms. The Morgan fingerprint density at radius 1 is 1.11 bits per heavy atom. The minimum Gasteiger partial charge on any atom is -0.488 e. The molecule has 5 nitrogen and oxygen atoms in total. The molecule has 0 aliphatic heterocycles. The van der Waals surface area contributed by atoms with Crippen molar-refractivity contribution in [3.63, 3.8) is 0 Å². The molecule has 0 bridgehead atoms. The van der Waals surface area contributed by atoms with Crippen LogP contribution in [-0.4, -0.2) is 15.9 Å². The van der Waals surface area contributed by atoms with Crippen molar-refractivity contribution >= 4 is 55.6 Å². The van der Waals surface area contributed by atoms with Crippen molar-refractivity contribution in [2.24, 2.45) is 5.10 Å². The Bertz CT molecular complexity index is 1500. The van der Waals surface area contributed by atoms with E-state index < -0.39 is 0 Å². The van der Waals surface area contributed by atoms with Crippen molar-refractivity contribution in [1.29, 1.82) is 0 Å². The van der Waals surface area contributed by atoms with E-state index in [1.165, 1.54) is 17.2 Å². The third-order valence-corrected chi connectivity index (χ3v) is 7.76. The van der Waals surface area contributed by atoms with Crippen LogP contribution < -0.4 is 10.3 Å². The predicted molar refractivity (Wildman–Crippen MR) is 152 cm³/mol. The van der Waals surface area contributed by atoms with Crippen LogP contribution in [0.5, 0.6) is 5.75 Å². The number of fused-ring (bicyclic) bond motifs is 1. The van der Waals surface area contributed by atoms with Gasteiger partial charge in [-0.3, -0.25) is 4.79 Å². The molecule has 0 saturated heterocycles. The number of halogens is 3. The van der Waals surface area contributed by atoms with E-state index in [4.69, 9.17) is 9.72 Å². The number of aromatic nitrogens is 2. The molecule has 1 heterocycles. The van der Waals surface area contributed by atoms with Gasteiger partial charge in [-0.25, -0.2) is 9.37 Å². The Morgan fingerprint density at radius 2 is 1.92 bits per heavy atom. The van der Waals surface area contributed by atoms with E-state index in [1.807, 2.05) is 30.3 Å². The molecule has 4 aromatic rings. The number of hydrogen-bond donors (Lipinski definition) is 0. The summed E-state index contributed by atoms with van der Waals surface area (Å²) in [4.78, 5) is 18.4. The van der Waals surface area contributed by atoms with Gasteiger partial charge in [0.15, 0.2) is 0 Å². The van der Waals surface area contributed by atoms with Gasteiger partial charge in [0.05, 0.1) is 20.7 Å². The number of benzene rings is 3. The minimum atomic E-state index is -0.286. The monoisotopic (exact) mass is 659 g/mol. The lowest BCUT2D eigenvalue weighted by molar-refractivity contribution is 0.297. The Balaban J connectivity index is 1.44. The Kier molecular flexibility index (Phi) is 7.81. The molecule has 0 N–H and O–H groups in total. The van der Waals surface area contributed by atoms with Crippen LogP contribution in [0.15, 0.2) is 75.0 Å². The van der Waals surface area contributed by atoms with Crippen LogP contribution in [0, 0.1) is 9.39 Å². The maximum absolute atomic E-state index is 13.9. The first-order valence-electron chi connectivity index (χ1n) is 11.9. The Morgan fingerprint density at radius 3 is 2.69 bits per heavy atom. The van der Waals surface area contributed by atoms with Crippen LogP contribution in [0.3, 0.4) is 0 Å². The predicted octanol–water partition coefficient (Wildman–Crippen LogP) is 7.41. The van der Waals surface area contributed by atoms with Crippen molar-refractivity contribution in [2.75, 3.05) is 0 Å². The molecule has 0 atom stereocenters. The highest BCUT2D eigenvalue weighted by Crippen LogP contribution is 2.32. The van der Waals surface area contributed by atoms with Crippen molar-refractivity contribution in [3.8, 4) is 5.75 Å². The molecular formula is C28H24BrFIN3O2. The summed E-state index contributed by atoms with van der Waals surface area (Å²) in [5, 5.41) is 5.15. The smallest absolute Gasteiger partial charge is 0.282 e. The van der Waals surface area contributed by atoms with Crippen LogP contribution >= 0.6 is 38.5 Å². The molecule has 1 aliphatic rings. The van der Waals surface area contributed by atoms with Crippen molar-refractivity contribution < 1.29 is 9.13 Å². The molecule has 0 radical (unpaired) electrons. The largest absolute Gasteiger partial charge is 0.488 e. The molecule has 0 amide bonds. The fourth-order valence-electron chi connectivity index (χ4n) is 4.51. The van der Waals surface area contributed by atoms with E-state index in [9.17, 15) is 9.18 Å². The van der Waals surface area contributed by atoms with Gasteiger partial charge in [-0.2, -0.15) is 9.78 Å². The highest BCUT2D eigenvalue weighted by molar-refractivity contribution is 14.1. The van der Waals surface area contributed by atoms with Crippen LogP contribution in [0.25, 0.3) is 10.9 Å². The highest BCUT2D eigenvalue weighted by atomic mass is 127. The van der Waals surface area contributed by atoms with Gasteiger partial charge in [-0.05, 0) is 83.5 Å². The van der Waals surface area contributed by atoms with E-state index in [-0.39, 0.29) is 23.9 Å². The lowest BCUT2D eigenvalue weighted by atomic mass is 9.88. The standard InChI is InChI=1S/C28H24BrFIN3O2/c29-21-11-12-25-22(15-21)28(35)34(27(33-25)19-6-2-1-3-7-19)32-16-18-10-13-26(24(31)14-18)36-17-20-8-4-5-9-23(20)30/h4-5,8-16,19H,1-3,6-7,17H2. The summed E-state index contributed by atoms with van der Waals surface area (Å²) in [6, 6.07) is 17.8. The summed E-state index contributed by atoms with van der Waals surface area (Å²) >= 11 is 5.65. The van der Waals surface area contributed by atoms with E-state index >= 15 is 0 Å². The number of hydrogen-bond acceptors (Lipinski definition) is 4. The number of ether oxygens (including phenoxy) is 1. The fraction of sp³-hybridized carbons (Fsp3) is 0.250. The lowest BCUT2D eigenvalue weighted by Crippen LogP contribution is -2.25. The maximum atomic E-state index is 13.9. The minimum absolute atomic E-state index is 0.147. The molecule has 8 heteroatoms. The average molecular weight is 660 g/mol. The third kappa shape index (κ3) is 5.54. The van der Waals surface area contributed by atoms with Gasteiger partial charge in [-0.1, -0.05) is 53.4 Å². The van der Waals surface area contributed by atoms with Crippen molar-refractivity contribution in [1.82, 2.24) is 9.66 Å². The molecule has 1 aliphatic carbocycles. The second kappa shape index (κ2) is 11.2. The highest BCUT2D eigenvalue weighted by Gasteiger charge is 2.22. The Labute approximate surface area is 230 Å². The second-order valence-corrected chi connectivity index (χ2v) is 11.0. The van der Waals surface area contributed by atoms with Gasteiger partial charge in [-0.15, -0.1) is 0 Å². The van der Waals surface area contributed by atoms with Crippen molar-refractivity contribution in [2.45, 2.75) is 44.6 Å². The quantitative estimate of drug-likeness (QED) is 0.160. The van der Waals surface area contributed by atoms with Crippen LogP contribution in [0.1, 0.15) is 55.0 Å². The first kappa shape index (κ1) is 25.1. The van der Waals surface area contributed by atoms with E-state index in [0.717, 1.165) is 45.1 Å². The lowest BCUT2D eigenvalue weighted by Gasteiger charge is -2.22. The number of rotatable bonds is 6. The normalized spacial score (nSPS) is 14.5. The van der Waals surface area contributed by atoms with Crippen molar-refractivity contribution in [3.05, 3.63) is 102 Å². The zero-order chi connectivity index (χ0) is 25.1. The molecule has 5 rings (SSSR count). The molecule has 1 aromatic heterocycles. The van der Waals surface area contributed by atoms with Crippen LogP contribution in [0.2, 0.25) is 0 Å². The average Bonchev–Trinajstić information content (AvgIpc) is 2.89. The summed E-state index contributed by atoms with van der Waals surface area (Å²) in [7, 11) is 0. The second-order valence-electron chi connectivity index (χ2n) is 8.90. The molecule has 1 fully saturated rings. The third-order valence-electron chi connectivity index (χ3n) is 6.42. The van der Waals surface area contributed by atoms with Gasteiger partial charge in [0.1, 0.15) is 24.0 Å². The summed E-state index contributed by atoms with van der Waals surface area (Å²) in [6.45, 7) is 0.147.